The Balaban J connectivity index is 1.38. The molecule has 0 radical (unpaired) electrons. The molecule has 0 fully saturated rings. The maximum atomic E-state index is 6.56. The molecule has 3 nitrogen and oxygen atoms in total. The lowest BCUT2D eigenvalue weighted by Gasteiger charge is -2.20. The van der Waals surface area contributed by atoms with Gasteiger partial charge in [0.25, 0.3) is 0 Å². The number of para-hydroxylation sites is 1. The van der Waals surface area contributed by atoms with Crippen LogP contribution in [0.4, 0.5) is 5.69 Å². The Kier molecular flexibility index (Phi) is 6.47. The van der Waals surface area contributed by atoms with Crippen LogP contribution in [0.5, 0.6) is 0 Å². The minimum atomic E-state index is -0.0432. The normalized spacial score (nSPS) is 12.2. The van der Waals surface area contributed by atoms with Crippen molar-refractivity contribution in [3.63, 3.8) is 0 Å². The van der Waals surface area contributed by atoms with Crippen molar-refractivity contribution in [3.8, 4) is 22.6 Å². The number of nitrogens with zero attached hydrogens (tertiary/aromatic N) is 2. The number of aliphatic imine (C=N–C) groups is 1. The van der Waals surface area contributed by atoms with Gasteiger partial charge in [-0.2, -0.15) is 0 Å². The molecule has 43 heavy (non-hydrogen) atoms. The van der Waals surface area contributed by atoms with Gasteiger partial charge in [0, 0.05) is 17.3 Å². The van der Waals surface area contributed by atoms with Gasteiger partial charge in [0.2, 0.25) is 5.89 Å². The number of aromatic nitrogens is 1. The number of rotatable bonds is 4. The number of aryl methyl sites for hydroxylation is 2. The predicted molar refractivity (Wildman–Crippen MR) is 182 cm³/mol. The highest BCUT2D eigenvalue weighted by Gasteiger charge is 2.22. The predicted octanol–water partition coefficient (Wildman–Crippen LogP) is 11.1. The molecule has 3 heteroatoms. The van der Waals surface area contributed by atoms with Crippen LogP contribution in [-0.4, -0.2) is 11.2 Å². The van der Waals surface area contributed by atoms with Gasteiger partial charge in [0.05, 0.1) is 11.3 Å². The van der Waals surface area contributed by atoms with Gasteiger partial charge in [-0.1, -0.05) is 105 Å². The maximum Gasteiger partial charge on any atom is 0.229 e. The standard InChI is InChI=1S/C40H34N2O/c1-25-18-19-26(2)34(20-25)35-22-29(40(3,4)5)23-37-38(35)42-39(43-37)33-16-10-11-17-36(33)41-24-28-21-27-12-6-7-13-30(27)32-15-9-8-14-31(28)32/h6-24H,1-5H3. The van der Waals surface area contributed by atoms with Crippen LogP contribution in [0.3, 0.4) is 0 Å². The first-order valence-electron chi connectivity index (χ1n) is 14.8. The van der Waals surface area contributed by atoms with Crippen molar-refractivity contribution in [2.75, 3.05) is 0 Å². The zero-order valence-corrected chi connectivity index (χ0v) is 25.3. The summed E-state index contributed by atoms with van der Waals surface area (Å²) in [5, 5.41) is 4.85. The van der Waals surface area contributed by atoms with E-state index in [0.717, 1.165) is 33.5 Å². The lowest BCUT2D eigenvalue weighted by Crippen LogP contribution is -2.11. The van der Waals surface area contributed by atoms with Crippen molar-refractivity contribution in [1.82, 2.24) is 4.98 Å². The Morgan fingerprint density at radius 3 is 2.21 bits per heavy atom. The SMILES string of the molecule is Cc1ccc(C)c(-c2cc(C(C)(C)C)cc3oc(-c4ccccc4N=Cc4cc5ccccc5c5ccccc45)nc23)c1. The van der Waals surface area contributed by atoms with Crippen LogP contribution in [0.2, 0.25) is 0 Å². The molecule has 0 saturated carbocycles. The molecule has 1 heterocycles. The van der Waals surface area contributed by atoms with Gasteiger partial charge in [-0.25, -0.2) is 4.98 Å². The minimum Gasteiger partial charge on any atom is -0.436 e. The monoisotopic (exact) mass is 558 g/mol. The highest BCUT2D eigenvalue weighted by molar-refractivity contribution is 6.14. The van der Waals surface area contributed by atoms with Crippen LogP contribution in [0.1, 0.15) is 43.0 Å². The largest absolute Gasteiger partial charge is 0.436 e. The average molecular weight is 559 g/mol. The van der Waals surface area contributed by atoms with E-state index in [-0.39, 0.29) is 5.41 Å². The Hall–Kier alpha value is -5.02. The summed E-state index contributed by atoms with van der Waals surface area (Å²) in [6.07, 6.45) is 1.97. The Morgan fingerprint density at radius 1 is 0.674 bits per heavy atom. The van der Waals surface area contributed by atoms with E-state index >= 15 is 0 Å². The third kappa shape index (κ3) is 4.91. The second-order valence-electron chi connectivity index (χ2n) is 12.5. The lowest BCUT2D eigenvalue weighted by atomic mass is 9.84. The van der Waals surface area contributed by atoms with Crippen LogP contribution in [0.15, 0.2) is 119 Å². The molecule has 0 aliphatic carbocycles. The zero-order chi connectivity index (χ0) is 29.7. The second-order valence-corrected chi connectivity index (χ2v) is 12.5. The molecule has 0 unspecified atom stereocenters. The smallest absolute Gasteiger partial charge is 0.229 e. The van der Waals surface area contributed by atoms with Gasteiger partial charge in [0.15, 0.2) is 5.58 Å². The van der Waals surface area contributed by atoms with E-state index in [1.54, 1.807) is 0 Å². The highest BCUT2D eigenvalue weighted by Crippen LogP contribution is 2.40. The van der Waals surface area contributed by atoms with Gasteiger partial charge < -0.3 is 4.42 Å². The fourth-order valence-corrected chi connectivity index (χ4v) is 5.91. The zero-order valence-electron chi connectivity index (χ0n) is 25.3. The number of hydrogen-bond acceptors (Lipinski definition) is 3. The summed E-state index contributed by atoms with van der Waals surface area (Å²) in [6, 6.07) is 38.4. The first kappa shape index (κ1) is 26.9. The van der Waals surface area contributed by atoms with Crippen molar-refractivity contribution in [2.45, 2.75) is 40.0 Å². The molecule has 0 aliphatic heterocycles. The van der Waals surface area contributed by atoms with E-state index in [1.807, 2.05) is 30.5 Å². The van der Waals surface area contributed by atoms with Gasteiger partial charge in [-0.15, -0.1) is 0 Å². The molecular weight excluding hydrogens is 524 g/mol. The topological polar surface area (TPSA) is 38.4 Å². The number of fused-ring (bicyclic) bond motifs is 4. The van der Waals surface area contributed by atoms with Crippen LogP contribution < -0.4 is 0 Å². The molecule has 210 valence electrons. The maximum absolute atomic E-state index is 6.56. The van der Waals surface area contributed by atoms with E-state index < -0.39 is 0 Å². The van der Waals surface area contributed by atoms with Crippen molar-refractivity contribution < 1.29 is 4.42 Å². The average Bonchev–Trinajstić information content (AvgIpc) is 3.45. The highest BCUT2D eigenvalue weighted by atomic mass is 16.3. The Bertz CT molecular complexity index is 2190. The van der Waals surface area contributed by atoms with E-state index in [0.29, 0.717) is 5.89 Å². The van der Waals surface area contributed by atoms with Crippen LogP contribution in [0, 0.1) is 13.8 Å². The quantitative estimate of drug-likeness (QED) is 0.159. The third-order valence-corrected chi connectivity index (χ3v) is 8.32. The van der Waals surface area contributed by atoms with E-state index in [1.165, 1.54) is 43.8 Å². The van der Waals surface area contributed by atoms with E-state index in [9.17, 15) is 0 Å². The molecule has 1 aromatic heterocycles. The molecule has 0 bridgehead atoms. The molecule has 7 rings (SSSR count). The van der Waals surface area contributed by atoms with Gasteiger partial charge in [0.1, 0.15) is 5.52 Å². The molecule has 0 amide bonds. The number of hydrogen-bond donors (Lipinski definition) is 0. The summed E-state index contributed by atoms with van der Waals surface area (Å²) < 4.78 is 6.56. The van der Waals surface area contributed by atoms with Crippen LogP contribution in [-0.2, 0) is 5.41 Å². The second kappa shape index (κ2) is 10.4. The van der Waals surface area contributed by atoms with Crippen molar-refractivity contribution in [3.05, 3.63) is 131 Å². The summed E-state index contributed by atoms with van der Waals surface area (Å²) in [6.45, 7) is 11.0. The summed E-state index contributed by atoms with van der Waals surface area (Å²) in [5.41, 5.74) is 10.3. The summed E-state index contributed by atoms with van der Waals surface area (Å²) in [7, 11) is 0. The molecule has 6 aromatic carbocycles. The van der Waals surface area contributed by atoms with Gasteiger partial charge in [-0.3, -0.25) is 4.99 Å². The Morgan fingerprint density at radius 2 is 1.40 bits per heavy atom. The third-order valence-electron chi connectivity index (χ3n) is 8.32. The summed E-state index contributed by atoms with van der Waals surface area (Å²) >= 11 is 0. The van der Waals surface area contributed by atoms with Crippen molar-refractivity contribution in [2.24, 2.45) is 4.99 Å². The van der Waals surface area contributed by atoms with E-state index in [2.05, 4.69) is 120 Å². The summed E-state index contributed by atoms with van der Waals surface area (Å²) in [4.78, 5) is 10.1. The van der Waals surface area contributed by atoms with Crippen molar-refractivity contribution >= 4 is 44.5 Å². The molecular formula is C40H34N2O. The first-order chi connectivity index (χ1) is 20.8. The molecule has 0 atom stereocenters. The Labute approximate surface area is 252 Å². The summed E-state index contributed by atoms with van der Waals surface area (Å²) in [5.74, 6) is 0.573. The molecule has 0 saturated heterocycles. The minimum absolute atomic E-state index is 0.0432. The lowest BCUT2D eigenvalue weighted by molar-refractivity contribution is 0.584. The molecule has 0 N–H and O–H groups in total. The van der Waals surface area contributed by atoms with Gasteiger partial charge >= 0.3 is 0 Å². The fourth-order valence-electron chi connectivity index (χ4n) is 5.91. The van der Waals surface area contributed by atoms with Crippen LogP contribution in [0.25, 0.3) is 55.2 Å². The number of oxazole rings is 1. The molecule has 0 spiro atoms. The fraction of sp³-hybridized carbons (Fsp3) is 0.150. The van der Waals surface area contributed by atoms with E-state index in [4.69, 9.17) is 14.4 Å². The first-order valence-corrected chi connectivity index (χ1v) is 14.8. The van der Waals surface area contributed by atoms with Crippen LogP contribution >= 0.6 is 0 Å². The van der Waals surface area contributed by atoms with Gasteiger partial charge in [-0.05, 0) is 87.8 Å². The van der Waals surface area contributed by atoms with Crippen molar-refractivity contribution in [1.29, 1.82) is 0 Å². The molecule has 7 aromatic rings. The number of benzene rings is 6. The molecule has 0 aliphatic rings.